The Balaban J connectivity index is 2.86. The Labute approximate surface area is 92.1 Å². The summed E-state index contributed by atoms with van der Waals surface area (Å²) in [6.07, 6.45) is 0. The molecule has 7 nitrogen and oxygen atoms in total. The number of anilines is 1. The van der Waals surface area contributed by atoms with Gasteiger partial charge in [0.05, 0.1) is 13.7 Å². The van der Waals surface area contributed by atoms with Gasteiger partial charge in [-0.2, -0.15) is 5.10 Å². The van der Waals surface area contributed by atoms with Crippen LogP contribution in [0.3, 0.4) is 0 Å². The number of nitrogens with zero attached hydrogens (tertiary/aromatic N) is 2. The zero-order valence-corrected chi connectivity index (χ0v) is 9.10. The Morgan fingerprint density at radius 1 is 1.56 bits per heavy atom. The molecule has 0 radical (unpaired) electrons. The van der Waals surface area contributed by atoms with Crippen molar-refractivity contribution < 1.29 is 19.1 Å². The summed E-state index contributed by atoms with van der Waals surface area (Å²) in [5.74, 6) is -0.950. The van der Waals surface area contributed by atoms with Crippen molar-refractivity contribution in [3.05, 3.63) is 11.8 Å². The van der Waals surface area contributed by atoms with Crippen LogP contribution in [-0.2, 0) is 20.8 Å². The fourth-order valence-electron chi connectivity index (χ4n) is 1.16. The van der Waals surface area contributed by atoms with Gasteiger partial charge in [-0.1, -0.05) is 0 Å². The van der Waals surface area contributed by atoms with Crippen molar-refractivity contribution in [2.24, 2.45) is 0 Å². The number of methoxy groups -OCH3 is 1. The summed E-state index contributed by atoms with van der Waals surface area (Å²) in [6, 6.07) is 1.34. The second-order valence-corrected chi connectivity index (χ2v) is 2.91. The van der Waals surface area contributed by atoms with Gasteiger partial charge in [-0.25, -0.2) is 9.48 Å². The quantitative estimate of drug-likeness (QED) is 0.716. The highest BCUT2D eigenvalue weighted by Gasteiger charge is 2.17. The SMILES string of the molecule is CCOC(=O)Cn1nc(N)cc1C(=O)OC. The molecule has 0 atom stereocenters. The van der Waals surface area contributed by atoms with E-state index in [0.29, 0.717) is 0 Å². The van der Waals surface area contributed by atoms with Crippen LogP contribution in [0.4, 0.5) is 5.82 Å². The molecule has 0 spiro atoms. The van der Waals surface area contributed by atoms with E-state index in [2.05, 4.69) is 9.84 Å². The van der Waals surface area contributed by atoms with Gasteiger partial charge >= 0.3 is 11.9 Å². The van der Waals surface area contributed by atoms with E-state index < -0.39 is 11.9 Å². The average molecular weight is 227 g/mol. The van der Waals surface area contributed by atoms with Gasteiger partial charge in [-0.15, -0.1) is 0 Å². The lowest BCUT2D eigenvalue weighted by atomic mass is 10.4. The summed E-state index contributed by atoms with van der Waals surface area (Å²) in [7, 11) is 1.24. The number of esters is 2. The molecule has 0 aliphatic heterocycles. The second kappa shape index (κ2) is 5.15. The number of carbonyl (C=O) groups excluding carboxylic acids is 2. The van der Waals surface area contributed by atoms with E-state index in [9.17, 15) is 9.59 Å². The minimum absolute atomic E-state index is 0.119. The highest BCUT2D eigenvalue weighted by atomic mass is 16.5. The molecule has 0 fully saturated rings. The maximum atomic E-state index is 11.3. The molecule has 0 aliphatic rings. The van der Waals surface area contributed by atoms with Crippen molar-refractivity contribution in [3.8, 4) is 0 Å². The molecular weight excluding hydrogens is 214 g/mol. The molecule has 1 heterocycles. The van der Waals surface area contributed by atoms with Crippen molar-refractivity contribution in [3.63, 3.8) is 0 Å². The van der Waals surface area contributed by atoms with Crippen LogP contribution in [0, 0.1) is 0 Å². The summed E-state index contributed by atoms with van der Waals surface area (Å²) in [5.41, 5.74) is 5.55. The number of hydrogen-bond acceptors (Lipinski definition) is 6. The summed E-state index contributed by atoms with van der Waals surface area (Å²) >= 11 is 0. The summed E-state index contributed by atoms with van der Waals surface area (Å²) in [4.78, 5) is 22.5. The lowest BCUT2D eigenvalue weighted by molar-refractivity contribution is -0.144. The molecule has 0 aromatic carbocycles. The predicted octanol–water partition coefficient (Wildman–Crippen LogP) is -0.185. The first-order chi connectivity index (χ1) is 7.58. The fourth-order valence-corrected chi connectivity index (χ4v) is 1.16. The third-order valence-corrected chi connectivity index (χ3v) is 1.78. The van der Waals surface area contributed by atoms with E-state index in [0.717, 1.165) is 4.68 Å². The normalized spacial score (nSPS) is 9.88. The first-order valence-corrected chi connectivity index (χ1v) is 4.65. The highest BCUT2D eigenvalue weighted by molar-refractivity contribution is 5.88. The Bertz CT molecular complexity index is 399. The van der Waals surface area contributed by atoms with E-state index in [1.165, 1.54) is 13.2 Å². The fraction of sp³-hybridized carbons (Fsp3) is 0.444. The van der Waals surface area contributed by atoms with Gasteiger partial charge in [0.2, 0.25) is 0 Å². The van der Waals surface area contributed by atoms with Gasteiger partial charge in [-0.3, -0.25) is 4.79 Å². The molecule has 1 rings (SSSR count). The maximum Gasteiger partial charge on any atom is 0.356 e. The van der Waals surface area contributed by atoms with Gasteiger partial charge in [0.15, 0.2) is 0 Å². The van der Waals surface area contributed by atoms with E-state index in [1.807, 2.05) is 0 Å². The van der Waals surface area contributed by atoms with Gasteiger partial charge < -0.3 is 15.2 Å². The Hall–Kier alpha value is -2.05. The van der Waals surface area contributed by atoms with Crippen LogP contribution < -0.4 is 5.73 Å². The van der Waals surface area contributed by atoms with Gasteiger partial charge in [0.1, 0.15) is 18.1 Å². The van der Waals surface area contributed by atoms with Crippen molar-refractivity contribution >= 4 is 17.8 Å². The number of carbonyl (C=O) groups is 2. The smallest absolute Gasteiger partial charge is 0.356 e. The summed E-state index contributed by atoms with van der Waals surface area (Å²) in [5, 5.41) is 3.79. The van der Waals surface area contributed by atoms with Crippen LogP contribution in [0.25, 0.3) is 0 Å². The Kier molecular flexibility index (Phi) is 3.87. The van der Waals surface area contributed by atoms with Crippen LogP contribution >= 0.6 is 0 Å². The molecular formula is C9H13N3O4. The first kappa shape index (κ1) is 12.0. The van der Waals surface area contributed by atoms with Crippen LogP contribution in [-0.4, -0.2) is 35.4 Å². The molecule has 0 saturated carbocycles. The van der Waals surface area contributed by atoms with Crippen LogP contribution in [0.1, 0.15) is 17.4 Å². The largest absolute Gasteiger partial charge is 0.465 e. The molecule has 0 aliphatic carbocycles. The molecule has 2 N–H and O–H groups in total. The third kappa shape index (κ3) is 2.72. The van der Waals surface area contributed by atoms with Gasteiger partial charge in [0, 0.05) is 6.07 Å². The topological polar surface area (TPSA) is 96.4 Å². The van der Waals surface area contributed by atoms with E-state index in [4.69, 9.17) is 10.5 Å². The van der Waals surface area contributed by atoms with Crippen molar-refractivity contribution in [2.45, 2.75) is 13.5 Å². The second-order valence-electron chi connectivity index (χ2n) is 2.91. The first-order valence-electron chi connectivity index (χ1n) is 4.65. The number of ether oxygens (including phenoxy) is 2. The van der Waals surface area contributed by atoms with Crippen LogP contribution in [0.15, 0.2) is 6.07 Å². The lowest BCUT2D eigenvalue weighted by Gasteiger charge is -2.04. The predicted molar refractivity (Wildman–Crippen MR) is 54.6 cm³/mol. The average Bonchev–Trinajstić information content (AvgIpc) is 2.58. The number of hydrogen-bond donors (Lipinski definition) is 1. The highest BCUT2D eigenvalue weighted by Crippen LogP contribution is 2.07. The van der Waals surface area contributed by atoms with E-state index >= 15 is 0 Å². The number of aromatic nitrogens is 2. The number of nitrogen functional groups attached to an aromatic ring is 1. The van der Waals surface area contributed by atoms with Gasteiger partial charge in [-0.05, 0) is 6.92 Å². The van der Waals surface area contributed by atoms with Crippen molar-refractivity contribution in [2.75, 3.05) is 19.5 Å². The van der Waals surface area contributed by atoms with E-state index in [1.54, 1.807) is 6.92 Å². The summed E-state index contributed by atoms with van der Waals surface area (Å²) in [6.45, 7) is 1.79. The minimum Gasteiger partial charge on any atom is -0.465 e. The van der Waals surface area contributed by atoms with Crippen LogP contribution in [0.2, 0.25) is 0 Å². The number of nitrogens with two attached hydrogens (primary N) is 1. The molecule has 0 saturated heterocycles. The summed E-state index contributed by atoms with van der Waals surface area (Å²) < 4.78 is 10.4. The monoisotopic (exact) mass is 227 g/mol. The molecule has 0 unspecified atom stereocenters. The molecule has 1 aromatic heterocycles. The van der Waals surface area contributed by atoms with Crippen molar-refractivity contribution in [1.82, 2.24) is 9.78 Å². The van der Waals surface area contributed by atoms with Crippen molar-refractivity contribution in [1.29, 1.82) is 0 Å². The zero-order chi connectivity index (χ0) is 12.1. The van der Waals surface area contributed by atoms with Gasteiger partial charge in [0.25, 0.3) is 0 Å². The Morgan fingerprint density at radius 3 is 2.81 bits per heavy atom. The molecule has 0 bridgehead atoms. The standard InChI is InChI=1S/C9H13N3O4/c1-3-16-8(13)5-12-6(9(14)15-2)4-7(10)11-12/h4H,3,5H2,1-2H3,(H2,10,11). The van der Waals surface area contributed by atoms with E-state index in [-0.39, 0.29) is 24.7 Å². The Morgan fingerprint density at radius 2 is 2.25 bits per heavy atom. The lowest BCUT2D eigenvalue weighted by Crippen LogP contribution is -2.19. The third-order valence-electron chi connectivity index (χ3n) is 1.78. The van der Waals surface area contributed by atoms with Crippen LogP contribution in [0.5, 0.6) is 0 Å². The minimum atomic E-state index is -0.603. The molecule has 0 amide bonds. The molecule has 16 heavy (non-hydrogen) atoms. The molecule has 88 valence electrons. The molecule has 7 heteroatoms. The zero-order valence-electron chi connectivity index (χ0n) is 9.10. The molecule has 1 aromatic rings. The maximum absolute atomic E-state index is 11.3. The number of rotatable bonds is 4.